The molecule has 3 rings (SSSR count). The van der Waals surface area contributed by atoms with Crippen LogP contribution in [-0.4, -0.2) is 27.5 Å². The number of aromatic nitrogens is 2. The van der Waals surface area contributed by atoms with Crippen molar-refractivity contribution in [3.05, 3.63) is 47.2 Å². The van der Waals surface area contributed by atoms with E-state index in [1.165, 1.54) is 24.4 Å². The zero-order valence-electron chi connectivity index (χ0n) is 16.2. The van der Waals surface area contributed by atoms with Gasteiger partial charge in [-0.2, -0.15) is 0 Å². The van der Waals surface area contributed by atoms with Crippen molar-refractivity contribution in [1.29, 1.82) is 0 Å². The molecule has 0 saturated heterocycles. The SMILES string of the molecule is CCCC(O)(c1nc2ccc(OC(F)(F)F)cc2s1)c1cnccc1OC(C)C. The van der Waals surface area contributed by atoms with Crippen molar-refractivity contribution in [3.63, 3.8) is 0 Å². The van der Waals surface area contributed by atoms with Gasteiger partial charge in [0.25, 0.3) is 0 Å². The fraction of sp³-hybridized carbons (Fsp3) is 0.400. The molecule has 156 valence electrons. The van der Waals surface area contributed by atoms with Crippen LogP contribution in [0.15, 0.2) is 36.7 Å². The van der Waals surface area contributed by atoms with Crippen molar-refractivity contribution < 1.29 is 27.8 Å². The zero-order chi connectivity index (χ0) is 21.2. The summed E-state index contributed by atoms with van der Waals surface area (Å²) in [6.45, 7) is 5.68. The van der Waals surface area contributed by atoms with Crippen LogP contribution in [0, 0.1) is 0 Å². The molecule has 0 amide bonds. The minimum absolute atomic E-state index is 0.112. The van der Waals surface area contributed by atoms with Crippen molar-refractivity contribution >= 4 is 21.6 Å². The van der Waals surface area contributed by atoms with Gasteiger partial charge >= 0.3 is 6.36 Å². The molecule has 1 aromatic carbocycles. The fourth-order valence-electron chi connectivity index (χ4n) is 3.05. The second kappa shape index (κ2) is 8.16. The van der Waals surface area contributed by atoms with Crippen LogP contribution < -0.4 is 9.47 Å². The monoisotopic (exact) mass is 426 g/mol. The van der Waals surface area contributed by atoms with E-state index in [0.717, 1.165) is 11.3 Å². The van der Waals surface area contributed by atoms with E-state index in [4.69, 9.17) is 4.74 Å². The summed E-state index contributed by atoms with van der Waals surface area (Å²) >= 11 is 1.11. The topological polar surface area (TPSA) is 64.5 Å². The molecule has 3 aromatic rings. The van der Waals surface area contributed by atoms with E-state index < -0.39 is 12.0 Å². The molecule has 5 nitrogen and oxygen atoms in total. The van der Waals surface area contributed by atoms with Gasteiger partial charge in [-0.1, -0.05) is 13.3 Å². The van der Waals surface area contributed by atoms with Gasteiger partial charge in [0.15, 0.2) is 0 Å². The third kappa shape index (κ3) is 4.79. The second-order valence-electron chi connectivity index (χ2n) is 6.85. The van der Waals surface area contributed by atoms with Gasteiger partial charge in [0.05, 0.1) is 21.9 Å². The summed E-state index contributed by atoms with van der Waals surface area (Å²) in [7, 11) is 0. The number of nitrogens with zero attached hydrogens (tertiary/aromatic N) is 2. The average molecular weight is 426 g/mol. The standard InChI is InChI=1S/C20H21F3N2O3S/c1-4-8-19(26,14-11-24-9-7-16(14)27-12(2)3)18-25-15-6-5-13(10-17(15)29-18)28-20(21,22)23/h5-7,9-12,26H,4,8H2,1-3H3. The molecule has 0 saturated carbocycles. The van der Waals surface area contributed by atoms with Gasteiger partial charge in [0, 0.05) is 12.4 Å². The van der Waals surface area contributed by atoms with Gasteiger partial charge in [-0.05, 0) is 44.5 Å². The Kier molecular flexibility index (Phi) is 6.00. The Morgan fingerprint density at radius 2 is 1.97 bits per heavy atom. The Balaban J connectivity index is 2.08. The second-order valence-corrected chi connectivity index (χ2v) is 7.88. The lowest BCUT2D eigenvalue weighted by Gasteiger charge is -2.28. The molecule has 0 aliphatic rings. The first-order chi connectivity index (χ1) is 13.6. The number of aliphatic hydroxyl groups is 1. The van der Waals surface area contributed by atoms with Gasteiger partial charge < -0.3 is 14.6 Å². The highest BCUT2D eigenvalue weighted by Gasteiger charge is 2.38. The summed E-state index contributed by atoms with van der Waals surface area (Å²) in [5, 5.41) is 12.0. The number of benzene rings is 1. The first-order valence-electron chi connectivity index (χ1n) is 9.12. The average Bonchev–Trinajstić information content (AvgIpc) is 3.04. The van der Waals surface area contributed by atoms with Crippen LogP contribution in [0.2, 0.25) is 0 Å². The van der Waals surface area contributed by atoms with Crippen LogP contribution in [0.3, 0.4) is 0 Å². The molecule has 0 aliphatic carbocycles. The number of hydrogen-bond acceptors (Lipinski definition) is 6. The zero-order valence-corrected chi connectivity index (χ0v) is 17.0. The highest BCUT2D eigenvalue weighted by molar-refractivity contribution is 7.18. The molecule has 2 aromatic heterocycles. The van der Waals surface area contributed by atoms with Crippen LogP contribution in [0.25, 0.3) is 10.2 Å². The van der Waals surface area contributed by atoms with Crippen LogP contribution in [0.4, 0.5) is 13.2 Å². The summed E-state index contributed by atoms with van der Waals surface area (Å²) in [5.74, 6) is 0.163. The normalized spacial score (nSPS) is 14.2. The van der Waals surface area contributed by atoms with E-state index in [-0.39, 0.29) is 11.9 Å². The molecule has 1 N–H and O–H groups in total. The first-order valence-corrected chi connectivity index (χ1v) is 9.94. The summed E-state index contributed by atoms with van der Waals surface area (Å²) in [5.41, 5.74) is -0.534. The van der Waals surface area contributed by atoms with Crippen LogP contribution >= 0.6 is 11.3 Å². The fourth-order valence-corrected chi connectivity index (χ4v) is 4.17. The minimum Gasteiger partial charge on any atom is -0.490 e. The summed E-state index contributed by atoms with van der Waals surface area (Å²) in [6, 6.07) is 5.59. The summed E-state index contributed by atoms with van der Waals surface area (Å²) in [6.07, 6.45) is -0.781. The van der Waals surface area contributed by atoms with E-state index >= 15 is 0 Å². The van der Waals surface area contributed by atoms with E-state index in [1.807, 2.05) is 20.8 Å². The lowest BCUT2D eigenvalue weighted by atomic mass is 9.90. The van der Waals surface area contributed by atoms with Crippen LogP contribution in [0.1, 0.15) is 44.2 Å². The van der Waals surface area contributed by atoms with E-state index in [0.29, 0.717) is 39.4 Å². The molecular weight excluding hydrogens is 405 g/mol. The first kappa shape index (κ1) is 21.3. The quantitative estimate of drug-likeness (QED) is 0.547. The molecular formula is C20H21F3N2O3S. The van der Waals surface area contributed by atoms with Gasteiger partial charge in [-0.25, -0.2) is 4.98 Å². The van der Waals surface area contributed by atoms with Crippen LogP contribution in [-0.2, 0) is 5.60 Å². The van der Waals surface area contributed by atoms with Gasteiger partial charge in [0.2, 0.25) is 0 Å². The van der Waals surface area contributed by atoms with E-state index in [1.54, 1.807) is 12.3 Å². The molecule has 0 radical (unpaired) electrons. The van der Waals surface area contributed by atoms with Gasteiger partial charge in [-0.3, -0.25) is 4.98 Å². The van der Waals surface area contributed by atoms with Crippen molar-refractivity contribution in [1.82, 2.24) is 9.97 Å². The number of ether oxygens (including phenoxy) is 2. The third-order valence-electron chi connectivity index (χ3n) is 4.15. The number of halogens is 3. The molecule has 0 aliphatic heterocycles. The van der Waals surface area contributed by atoms with E-state index in [2.05, 4.69) is 14.7 Å². The summed E-state index contributed by atoms with van der Waals surface area (Å²) < 4.78 is 47.8. The number of thiazole rings is 1. The number of alkyl halides is 3. The van der Waals surface area contributed by atoms with Gasteiger partial charge in [0.1, 0.15) is 22.1 Å². The predicted octanol–water partition coefficient (Wildman–Crippen LogP) is 5.41. The van der Waals surface area contributed by atoms with Crippen LogP contribution in [0.5, 0.6) is 11.5 Å². The molecule has 0 fully saturated rings. The molecule has 9 heteroatoms. The maximum Gasteiger partial charge on any atom is 0.573 e. The number of hydrogen-bond donors (Lipinski definition) is 1. The maximum atomic E-state index is 12.5. The molecule has 1 unspecified atom stereocenters. The Labute approximate surface area is 170 Å². The predicted molar refractivity (Wildman–Crippen MR) is 104 cm³/mol. The third-order valence-corrected chi connectivity index (χ3v) is 5.32. The van der Waals surface area contributed by atoms with E-state index in [9.17, 15) is 18.3 Å². The Hall–Kier alpha value is -2.39. The summed E-state index contributed by atoms with van der Waals surface area (Å²) in [4.78, 5) is 8.61. The highest BCUT2D eigenvalue weighted by atomic mass is 32.1. The Morgan fingerprint density at radius 3 is 2.62 bits per heavy atom. The molecule has 1 atom stereocenters. The number of rotatable bonds is 7. The highest BCUT2D eigenvalue weighted by Crippen LogP contribution is 2.42. The maximum absolute atomic E-state index is 12.5. The molecule has 29 heavy (non-hydrogen) atoms. The smallest absolute Gasteiger partial charge is 0.490 e. The molecule has 2 heterocycles. The Morgan fingerprint density at radius 1 is 1.21 bits per heavy atom. The van der Waals surface area contributed by atoms with Gasteiger partial charge in [-0.15, -0.1) is 24.5 Å². The minimum atomic E-state index is -4.77. The largest absolute Gasteiger partial charge is 0.573 e. The number of fused-ring (bicyclic) bond motifs is 1. The molecule has 0 bridgehead atoms. The Bertz CT molecular complexity index is 991. The van der Waals surface area contributed by atoms with Crippen molar-refractivity contribution in [3.8, 4) is 11.5 Å². The molecule has 0 spiro atoms. The van der Waals surface area contributed by atoms with Crippen molar-refractivity contribution in [2.45, 2.75) is 51.7 Å². The lowest BCUT2D eigenvalue weighted by Crippen LogP contribution is -2.28. The van der Waals surface area contributed by atoms with Crippen molar-refractivity contribution in [2.75, 3.05) is 0 Å². The van der Waals surface area contributed by atoms with Crippen molar-refractivity contribution in [2.24, 2.45) is 0 Å². The number of pyridine rings is 1. The lowest BCUT2D eigenvalue weighted by molar-refractivity contribution is -0.274.